The quantitative estimate of drug-likeness (QED) is 0.194. The lowest BCUT2D eigenvalue weighted by atomic mass is 9.97. The number of pyridine rings is 2. The number of furan rings is 1. The zero-order chi connectivity index (χ0) is 31.6. The van der Waals surface area contributed by atoms with Crippen LogP contribution in [0.5, 0.6) is 0 Å². The van der Waals surface area contributed by atoms with E-state index in [1.807, 2.05) is 41.7 Å². The number of rotatable bonds is 4. The normalized spacial score (nSPS) is 11.8. The van der Waals surface area contributed by atoms with E-state index in [4.69, 9.17) is 14.4 Å². The highest BCUT2D eigenvalue weighted by Gasteiger charge is 2.18. The second-order valence-corrected chi connectivity index (χ2v) is 13.2. The number of thiophene rings is 1. The van der Waals surface area contributed by atoms with Crippen molar-refractivity contribution < 1.29 is 4.42 Å². The van der Waals surface area contributed by atoms with Crippen LogP contribution in [0.15, 0.2) is 162 Å². The van der Waals surface area contributed by atoms with Gasteiger partial charge in [0.15, 0.2) is 0 Å². The van der Waals surface area contributed by atoms with Gasteiger partial charge in [0.25, 0.3) is 0 Å². The van der Waals surface area contributed by atoms with Gasteiger partial charge in [-0.25, -0.2) is 9.97 Å². The Bertz CT molecular complexity index is 2830. The van der Waals surface area contributed by atoms with Gasteiger partial charge in [0.05, 0.1) is 28.0 Å². The minimum Gasteiger partial charge on any atom is -0.455 e. The number of fused-ring (bicyclic) bond motifs is 8. The van der Waals surface area contributed by atoms with Crippen molar-refractivity contribution in [3.8, 4) is 44.9 Å². The molecule has 10 aromatic rings. The Balaban J connectivity index is 1.15. The second kappa shape index (κ2) is 10.7. The third-order valence-corrected chi connectivity index (χ3v) is 10.5. The van der Waals surface area contributed by atoms with Crippen molar-refractivity contribution in [3.05, 3.63) is 158 Å². The van der Waals surface area contributed by atoms with Crippen molar-refractivity contribution in [3.63, 3.8) is 0 Å². The van der Waals surface area contributed by atoms with E-state index in [-0.39, 0.29) is 0 Å². The average molecular weight is 631 g/mol. The summed E-state index contributed by atoms with van der Waals surface area (Å²) in [6, 6.07) is 55.3. The molecule has 4 aromatic heterocycles. The summed E-state index contributed by atoms with van der Waals surface area (Å²) >= 11 is 1.83. The number of nitrogens with zero attached hydrogens (tertiary/aromatic N) is 2. The maximum absolute atomic E-state index is 6.43. The second-order valence-electron chi connectivity index (χ2n) is 12.1. The van der Waals surface area contributed by atoms with Gasteiger partial charge < -0.3 is 4.42 Å². The largest absolute Gasteiger partial charge is 0.455 e. The molecule has 0 aliphatic carbocycles. The Kier molecular flexibility index (Phi) is 6.05. The van der Waals surface area contributed by atoms with Crippen LogP contribution in [0.25, 0.3) is 97.9 Å². The monoisotopic (exact) mass is 630 g/mol. The summed E-state index contributed by atoms with van der Waals surface area (Å²) in [6.45, 7) is 0. The van der Waals surface area contributed by atoms with E-state index in [2.05, 4.69) is 127 Å². The molecule has 0 aliphatic rings. The van der Waals surface area contributed by atoms with Crippen LogP contribution in [0.4, 0.5) is 0 Å². The first kappa shape index (κ1) is 27.1. The van der Waals surface area contributed by atoms with Crippen LogP contribution in [0.1, 0.15) is 0 Å². The summed E-state index contributed by atoms with van der Waals surface area (Å²) in [5.41, 5.74) is 11.1. The van der Waals surface area contributed by atoms with Gasteiger partial charge in [0.2, 0.25) is 0 Å². The van der Waals surface area contributed by atoms with Gasteiger partial charge in [-0.3, -0.25) is 0 Å². The molecule has 0 atom stereocenters. The lowest BCUT2D eigenvalue weighted by Gasteiger charge is -2.12. The van der Waals surface area contributed by atoms with Crippen LogP contribution >= 0.6 is 11.3 Å². The first-order chi connectivity index (χ1) is 23.8. The van der Waals surface area contributed by atoms with Crippen molar-refractivity contribution in [2.45, 2.75) is 0 Å². The maximum atomic E-state index is 6.43. The molecule has 0 amide bonds. The minimum absolute atomic E-state index is 0.870. The molecule has 0 fully saturated rings. The van der Waals surface area contributed by atoms with Crippen molar-refractivity contribution in [1.82, 2.24) is 9.97 Å². The third kappa shape index (κ3) is 4.27. The van der Waals surface area contributed by atoms with Crippen LogP contribution in [0.2, 0.25) is 0 Å². The van der Waals surface area contributed by atoms with Crippen LogP contribution < -0.4 is 0 Å². The number of para-hydroxylation sites is 2. The highest BCUT2D eigenvalue weighted by atomic mass is 32.1. The van der Waals surface area contributed by atoms with Crippen LogP contribution in [0, 0.1) is 0 Å². The van der Waals surface area contributed by atoms with Crippen LogP contribution in [0.3, 0.4) is 0 Å². The molecule has 4 heteroatoms. The van der Waals surface area contributed by atoms with Gasteiger partial charge in [-0.05, 0) is 47.5 Å². The highest BCUT2D eigenvalue weighted by molar-refractivity contribution is 7.26. The fourth-order valence-electron chi connectivity index (χ4n) is 6.98. The molecule has 0 N–H and O–H groups in total. The van der Waals surface area contributed by atoms with Crippen LogP contribution in [-0.4, -0.2) is 9.97 Å². The molecule has 0 radical (unpaired) electrons. The zero-order valence-electron chi connectivity index (χ0n) is 25.7. The highest BCUT2D eigenvalue weighted by Crippen LogP contribution is 2.42. The Morgan fingerprint density at radius 1 is 0.458 bits per heavy atom. The summed E-state index contributed by atoms with van der Waals surface area (Å²) in [4.78, 5) is 10.4. The molecular weight excluding hydrogens is 605 g/mol. The van der Waals surface area contributed by atoms with Crippen molar-refractivity contribution >= 4 is 64.4 Å². The van der Waals surface area contributed by atoms with E-state index < -0.39 is 0 Å². The summed E-state index contributed by atoms with van der Waals surface area (Å²) in [7, 11) is 0. The number of benzene rings is 6. The molecule has 0 aliphatic heterocycles. The van der Waals surface area contributed by atoms with Crippen molar-refractivity contribution in [1.29, 1.82) is 0 Å². The van der Waals surface area contributed by atoms with Crippen molar-refractivity contribution in [2.24, 2.45) is 0 Å². The minimum atomic E-state index is 0.870. The lowest BCUT2D eigenvalue weighted by Crippen LogP contribution is -1.92. The van der Waals surface area contributed by atoms with Gasteiger partial charge in [-0.1, -0.05) is 121 Å². The van der Waals surface area contributed by atoms with E-state index in [1.54, 1.807) is 0 Å². The molecule has 48 heavy (non-hydrogen) atoms. The topological polar surface area (TPSA) is 38.9 Å². The van der Waals surface area contributed by atoms with Gasteiger partial charge >= 0.3 is 0 Å². The molecular formula is C44H26N2OS. The lowest BCUT2D eigenvalue weighted by molar-refractivity contribution is 0.672. The molecule has 0 bridgehead atoms. The predicted molar refractivity (Wildman–Crippen MR) is 201 cm³/mol. The molecule has 224 valence electrons. The molecule has 0 unspecified atom stereocenters. The zero-order valence-corrected chi connectivity index (χ0v) is 26.5. The van der Waals surface area contributed by atoms with E-state index in [1.165, 1.54) is 20.2 Å². The number of hydrogen-bond donors (Lipinski definition) is 0. The predicted octanol–water partition coefficient (Wildman–Crippen LogP) is 12.6. The van der Waals surface area contributed by atoms with Gasteiger partial charge in [0.1, 0.15) is 11.2 Å². The summed E-state index contributed by atoms with van der Waals surface area (Å²) < 4.78 is 8.98. The number of aromatic nitrogens is 2. The fourth-order valence-corrected chi connectivity index (χ4v) is 8.21. The van der Waals surface area contributed by atoms with Crippen molar-refractivity contribution in [2.75, 3.05) is 0 Å². The van der Waals surface area contributed by atoms with Crippen LogP contribution in [-0.2, 0) is 0 Å². The van der Waals surface area contributed by atoms with Gasteiger partial charge in [-0.15, -0.1) is 11.3 Å². The Hall–Kier alpha value is -6.10. The molecule has 3 nitrogen and oxygen atoms in total. The Labute approximate surface area is 280 Å². The summed E-state index contributed by atoms with van der Waals surface area (Å²) in [5.74, 6) is 0. The fraction of sp³-hybridized carbons (Fsp3) is 0. The van der Waals surface area contributed by atoms with E-state index in [9.17, 15) is 0 Å². The first-order valence-electron chi connectivity index (χ1n) is 16.1. The smallest absolute Gasteiger partial charge is 0.147 e. The molecule has 0 saturated carbocycles. The third-order valence-electron chi connectivity index (χ3n) is 9.28. The van der Waals surface area contributed by atoms with E-state index >= 15 is 0 Å². The molecule has 0 spiro atoms. The summed E-state index contributed by atoms with van der Waals surface area (Å²) in [5, 5.41) is 5.70. The SMILES string of the molecule is c1ccc(-c2cc(-c3ccc(-c4nc5ccccc5c5oc6ccccc6c45)cc3)cc(-c3cccc4c3sc3ccccc34)n2)cc1. The van der Waals surface area contributed by atoms with Gasteiger partial charge in [0, 0.05) is 47.6 Å². The van der Waals surface area contributed by atoms with Gasteiger partial charge in [-0.2, -0.15) is 0 Å². The number of hydrogen-bond acceptors (Lipinski definition) is 4. The Morgan fingerprint density at radius 2 is 1.15 bits per heavy atom. The van der Waals surface area contributed by atoms with E-state index in [0.717, 1.165) is 77.7 Å². The molecule has 6 aromatic carbocycles. The average Bonchev–Trinajstić information content (AvgIpc) is 3.74. The van der Waals surface area contributed by atoms with E-state index in [0.29, 0.717) is 0 Å². The first-order valence-corrected chi connectivity index (χ1v) is 16.9. The molecule has 4 heterocycles. The standard InChI is InChI=1S/C44H26N2OS/c1-2-11-28(12-3-1)37-25-30(26-38(45-37)34-17-10-16-32-31-13-6-9-20-40(31)48-44(32)34)27-21-23-29(24-22-27)42-41-35-15-5-8-19-39(35)47-43(41)33-14-4-7-18-36(33)46-42/h1-26H. The Morgan fingerprint density at radius 3 is 2.02 bits per heavy atom. The summed E-state index contributed by atoms with van der Waals surface area (Å²) in [6.07, 6.45) is 0. The molecule has 0 saturated heterocycles. The maximum Gasteiger partial charge on any atom is 0.147 e. The molecule has 10 rings (SSSR count).